The molecule has 0 unspecified atom stereocenters. The summed E-state index contributed by atoms with van der Waals surface area (Å²) >= 11 is 1.65. The Morgan fingerprint density at radius 2 is 1.83 bits per heavy atom. The fraction of sp³-hybridized carbons (Fsp3) is 0.174. The van der Waals surface area contributed by atoms with Crippen molar-refractivity contribution < 1.29 is 9.59 Å². The lowest BCUT2D eigenvalue weighted by molar-refractivity contribution is -0.115. The second kappa shape index (κ2) is 9.00. The number of carbonyl (C=O) groups excluding carboxylic acids is 2. The minimum absolute atomic E-state index is 0.0731. The van der Waals surface area contributed by atoms with Gasteiger partial charge in [0.15, 0.2) is 0 Å². The van der Waals surface area contributed by atoms with Crippen molar-refractivity contribution in [2.75, 3.05) is 27.8 Å². The number of para-hydroxylation sites is 1. The average molecular weight is 419 g/mol. The number of nitrogens with zero attached hydrogens (tertiary/aromatic N) is 2. The summed E-state index contributed by atoms with van der Waals surface area (Å²) < 4.78 is 0. The number of pyridine rings is 1. The lowest BCUT2D eigenvalue weighted by atomic mass is 10.1. The minimum Gasteiger partial charge on any atom is -0.326 e. The second-order valence-corrected chi connectivity index (χ2v) is 8.08. The number of anilines is 3. The van der Waals surface area contributed by atoms with Gasteiger partial charge in [0.2, 0.25) is 5.91 Å². The number of rotatable bonds is 4. The second-order valence-electron chi connectivity index (χ2n) is 6.99. The molecule has 2 heterocycles. The number of hydrogen-bond acceptors (Lipinski definition) is 4. The van der Waals surface area contributed by atoms with E-state index in [1.165, 1.54) is 0 Å². The van der Waals surface area contributed by atoms with Crippen LogP contribution in [0.15, 0.2) is 71.9 Å². The zero-order chi connectivity index (χ0) is 20.9. The van der Waals surface area contributed by atoms with E-state index in [2.05, 4.69) is 15.6 Å². The Labute approximate surface area is 179 Å². The quantitative estimate of drug-likeness (QED) is 0.643. The van der Waals surface area contributed by atoms with Gasteiger partial charge in [0.05, 0.1) is 12.1 Å². The van der Waals surface area contributed by atoms with Crippen LogP contribution in [0, 0.1) is 6.92 Å². The summed E-state index contributed by atoms with van der Waals surface area (Å²) in [7, 11) is 0. The van der Waals surface area contributed by atoms with E-state index in [0.717, 1.165) is 33.3 Å². The van der Waals surface area contributed by atoms with Gasteiger partial charge in [-0.2, -0.15) is 0 Å². The first kappa shape index (κ1) is 20.0. The van der Waals surface area contributed by atoms with Crippen LogP contribution in [0.2, 0.25) is 0 Å². The van der Waals surface area contributed by atoms with Gasteiger partial charge in [0.25, 0.3) is 0 Å². The zero-order valence-electron chi connectivity index (χ0n) is 16.6. The largest absolute Gasteiger partial charge is 0.326 e. The molecule has 0 aliphatic carbocycles. The first-order chi connectivity index (χ1) is 14.6. The third-order valence-electron chi connectivity index (χ3n) is 4.83. The number of aromatic nitrogens is 1. The Morgan fingerprint density at radius 3 is 2.63 bits per heavy atom. The fourth-order valence-corrected chi connectivity index (χ4v) is 4.18. The van der Waals surface area contributed by atoms with Gasteiger partial charge < -0.3 is 10.6 Å². The van der Waals surface area contributed by atoms with Crippen LogP contribution in [-0.4, -0.2) is 29.2 Å². The molecule has 0 spiro atoms. The lowest BCUT2D eigenvalue weighted by Gasteiger charge is -2.28. The number of carbonyl (C=O) groups is 2. The molecule has 0 radical (unpaired) electrons. The van der Waals surface area contributed by atoms with Crippen LogP contribution in [0.5, 0.6) is 0 Å². The molecule has 3 amide bonds. The molecule has 3 aromatic rings. The molecule has 6 nitrogen and oxygen atoms in total. The molecule has 0 fully saturated rings. The van der Waals surface area contributed by atoms with E-state index in [0.29, 0.717) is 12.2 Å². The Bertz CT molecular complexity index is 1070. The van der Waals surface area contributed by atoms with Gasteiger partial charge >= 0.3 is 6.03 Å². The summed E-state index contributed by atoms with van der Waals surface area (Å²) in [5, 5.41) is 6.73. The molecule has 4 rings (SSSR count). The SMILES string of the molecule is Cc1ccccc1NC(=O)Cc1ccc(NC(=O)N2CCSc3ncccc32)cc1. The van der Waals surface area contributed by atoms with E-state index < -0.39 is 0 Å². The van der Waals surface area contributed by atoms with E-state index in [1.54, 1.807) is 22.9 Å². The predicted molar refractivity (Wildman–Crippen MR) is 121 cm³/mol. The number of aryl methyl sites for hydroxylation is 1. The van der Waals surface area contributed by atoms with Gasteiger partial charge in [-0.25, -0.2) is 9.78 Å². The van der Waals surface area contributed by atoms with Crippen LogP contribution >= 0.6 is 11.8 Å². The van der Waals surface area contributed by atoms with Crippen molar-refractivity contribution in [3.63, 3.8) is 0 Å². The van der Waals surface area contributed by atoms with Crippen molar-refractivity contribution in [1.29, 1.82) is 0 Å². The van der Waals surface area contributed by atoms with Gasteiger partial charge in [-0.3, -0.25) is 9.69 Å². The average Bonchev–Trinajstić information content (AvgIpc) is 2.76. The molecule has 2 N–H and O–H groups in total. The van der Waals surface area contributed by atoms with Gasteiger partial charge in [-0.15, -0.1) is 11.8 Å². The van der Waals surface area contributed by atoms with Gasteiger partial charge in [-0.05, 0) is 48.4 Å². The van der Waals surface area contributed by atoms with Crippen LogP contribution in [0.3, 0.4) is 0 Å². The monoisotopic (exact) mass is 418 g/mol. The third kappa shape index (κ3) is 4.63. The number of benzene rings is 2. The number of thioether (sulfide) groups is 1. The first-order valence-corrected chi connectivity index (χ1v) is 10.7. The molecule has 0 bridgehead atoms. The van der Waals surface area contributed by atoms with Crippen LogP contribution in [0.25, 0.3) is 0 Å². The minimum atomic E-state index is -0.186. The van der Waals surface area contributed by atoms with Gasteiger partial charge in [0, 0.05) is 29.9 Å². The molecule has 0 saturated carbocycles. The molecule has 0 saturated heterocycles. The molecular weight excluding hydrogens is 396 g/mol. The normalized spacial score (nSPS) is 12.8. The zero-order valence-corrected chi connectivity index (χ0v) is 17.4. The van der Waals surface area contributed by atoms with E-state index in [-0.39, 0.29) is 18.4 Å². The smallest absolute Gasteiger partial charge is 0.326 e. The third-order valence-corrected chi connectivity index (χ3v) is 5.80. The Hall–Kier alpha value is -3.32. The highest BCUT2D eigenvalue weighted by Crippen LogP contribution is 2.32. The summed E-state index contributed by atoms with van der Waals surface area (Å²) in [6, 6.07) is 18.6. The van der Waals surface area contributed by atoms with Gasteiger partial charge in [0.1, 0.15) is 5.03 Å². The van der Waals surface area contributed by atoms with Crippen molar-refractivity contribution in [1.82, 2.24) is 4.98 Å². The molecule has 0 atom stereocenters. The topological polar surface area (TPSA) is 74.3 Å². The number of hydrogen-bond donors (Lipinski definition) is 2. The Kier molecular flexibility index (Phi) is 5.99. The Balaban J connectivity index is 1.37. The molecule has 152 valence electrons. The number of urea groups is 1. The standard InChI is InChI=1S/C23H22N4O2S/c1-16-5-2-3-6-19(16)26-21(28)15-17-8-10-18(11-9-17)25-23(29)27-13-14-30-22-20(27)7-4-12-24-22/h2-12H,13-15H2,1H3,(H,25,29)(H,26,28). The highest BCUT2D eigenvalue weighted by atomic mass is 32.2. The van der Waals surface area contributed by atoms with Crippen molar-refractivity contribution >= 4 is 40.8 Å². The molecule has 1 aromatic heterocycles. The van der Waals surface area contributed by atoms with E-state index in [4.69, 9.17) is 0 Å². The number of amides is 3. The van der Waals surface area contributed by atoms with Crippen LogP contribution < -0.4 is 15.5 Å². The van der Waals surface area contributed by atoms with Crippen molar-refractivity contribution in [3.05, 3.63) is 78.0 Å². The van der Waals surface area contributed by atoms with Crippen molar-refractivity contribution in [2.24, 2.45) is 0 Å². The maximum Gasteiger partial charge on any atom is 0.326 e. The molecule has 1 aliphatic rings. The number of nitrogens with one attached hydrogen (secondary N) is 2. The first-order valence-electron chi connectivity index (χ1n) is 9.71. The molecular formula is C23H22N4O2S. The van der Waals surface area contributed by atoms with E-state index >= 15 is 0 Å². The highest BCUT2D eigenvalue weighted by molar-refractivity contribution is 7.99. The Morgan fingerprint density at radius 1 is 1.03 bits per heavy atom. The fourth-order valence-electron chi connectivity index (χ4n) is 3.25. The van der Waals surface area contributed by atoms with Gasteiger partial charge in [-0.1, -0.05) is 30.3 Å². The summed E-state index contributed by atoms with van der Waals surface area (Å²) in [5.41, 5.74) is 4.24. The van der Waals surface area contributed by atoms with Crippen molar-refractivity contribution in [3.8, 4) is 0 Å². The van der Waals surface area contributed by atoms with Crippen LogP contribution in [0.1, 0.15) is 11.1 Å². The lowest BCUT2D eigenvalue weighted by Crippen LogP contribution is -2.38. The highest BCUT2D eigenvalue weighted by Gasteiger charge is 2.23. The summed E-state index contributed by atoms with van der Waals surface area (Å²) in [6.07, 6.45) is 2.01. The van der Waals surface area contributed by atoms with Crippen LogP contribution in [0.4, 0.5) is 21.9 Å². The molecule has 2 aromatic carbocycles. The molecule has 1 aliphatic heterocycles. The summed E-state index contributed by atoms with van der Waals surface area (Å²) in [6.45, 7) is 2.59. The summed E-state index contributed by atoms with van der Waals surface area (Å²) in [4.78, 5) is 31.1. The number of fused-ring (bicyclic) bond motifs is 1. The maximum atomic E-state index is 12.7. The van der Waals surface area contributed by atoms with Crippen LogP contribution in [-0.2, 0) is 11.2 Å². The molecule has 7 heteroatoms. The maximum absolute atomic E-state index is 12.7. The summed E-state index contributed by atoms with van der Waals surface area (Å²) in [5.74, 6) is 0.739. The van der Waals surface area contributed by atoms with E-state index in [1.807, 2.05) is 67.6 Å². The van der Waals surface area contributed by atoms with Crippen molar-refractivity contribution in [2.45, 2.75) is 18.4 Å². The predicted octanol–water partition coefficient (Wildman–Crippen LogP) is 4.72. The molecule has 30 heavy (non-hydrogen) atoms. The van der Waals surface area contributed by atoms with E-state index in [9.17, 15) is 9.59 Å².